The first-order valence-electron chi connectivity index (χ1n) is 2.52. The fourth-order valence-electron chi connectivity index (χ4n) is 0.610. The Morgan fingerprint density at radius 3 is 2.14 bits per heavy atom. The Morgan fingerprint density at radius 2 is 2.14 bits per heavy atom. The average molecular weight is 212 g/mol. The molecule has 42 valence electrons. The predicted molar refractivity (Wildman–Crippen MR) is 37.4 cm³/mol. The second-order valence-electron chi connectivity index (χ2n) is 2.30. The summed E-state index contributed by atoms with van der Waals surface area (Å²) >= 11 is 2.08. The SMILES string of the molecule is CC(O)(I)C1CC1. The summed E-state index contributed by atoms with van der Waals surface area (Å²) in [6.45, 7) is 1.87. The first kappa shape index (κ1) is 5.82. The average Bonchev–Trinajstić information content (AvgIpc) is 1.99. The molecule has 0 saturated heterocycles. The van der Waals surface area contributed by atoms with E-state index < -0.39 is 3.61 Å². The van der Waals surface area contributed by atoms with Crippen molar-refractivity contribution in [2.75, 3.05) is 0 Å². The van der Waals surface area contributed by atoms with E-state index in [2.05, 4.69) is 22.6 Å². The molecular formula is C5H9IO. The minimum Gasteiger partial charge on any atom is -0.380 e. The molecule has 1 unspecified atom stereocenters. The van der Waals surface area contributed by atoms with Gasteiger partial charge in [-0.05, 0) is 48.3 Å². The molecule has 0 aromatic carbocycles. The molecule has 0 amide bonds. The highest BCUT2D eigenvalue weighted by molar-refractivity contribution is 14.1. The van der Waals surface area contributed by atoms with Crippen LogP contribution in [0.4, 0.5) is 0 Å². The minimum atomic E-state index is -0.419. The Labute approximate surface area is 57.2 Å². The normalized spacial score (nSPS) is 29.6. The van der Waals surface area contributed by atoms with Crippen molar-refractivity contribution in [1.82, 2.24) is 0 Å². The summed E-state index contributed by atoms with van der Waals surface area (Å²) in [6.07, 6.45) is 2.44. The van der Waals surface area contributed by atoms with E-state index in [1.54, 1.807) is 0 Å². The molecule has 1 aliphatic rings. The van der Waals surface area contributed by atoms with Crippen LogP contribution in [0.25, 0.3) is 0 Å². The van der Waals surface area contributed by atoms with Gasteiger partial charge in [0.2, 0.25) is 0 Å². The Kier molecular flexibility index (Phi) is 1.32. The zero-order chi connectivity index (χ0) is 5.49. The maximum Gasteiger partial charge on any atom is 0.115 e. The summed E-state index contributed by atoms with van der Waals surface area (Å²) in [5.74, 6) is 0.591. The van der Waals surface area contributed by atoms with E-state index in [1.807, 2.05) is 6.92 Å². The van der Waals surface area contributed by atoms with Crippen LogP contribution >= 0.6 is 22.6 Å². The number of alkyl halides is 1. The third-order valence-electron chi connectivity index (χ3n) is 1.32. The van der Waals surface area contributed by atoms with Gasteiger partial charge in [-0.2, -0.15) is 0 Å². The molecule has 7 heavy (non-hydrogen) atoms. The topological polar surface area (TPSA) is 20.2 Å². The Bertz CT molecular complexity index is 70.6. The highest BCUT2D eigenvalue weighted by Gasteiger charge is 2.37. The van der Waals surface area contributed by atoms with Crippen molar-refractivity contribution >= 4 is 22.6 Å². The van der Waals surface area contributed by atoms with E-state index in [1.165, 1.54) is 12.8 Å². The lowest BCUT2D eigenvalue weighted by Gasteiger charge is -2.11. The largest absolute Gasteiger partial charge is 0.380 e. The first-order valence-corrected chi connectivity index (χ1v) is 3.60. The minimum absolute atomic E-state index is 0.419. The van der Waals surface area contributed by atoms with Gasteiger partial charge in [0.25, 0.3) is 0 Å². The maximum atomic E-state index is 9.14. The van der Waals surface area contributed by atoms with Gasteiger partial charge in [-0.15, -0.1) is 0 Å². The molecule has 0 heterocycles. The summed E-state index contributed by atoms with van der Waals surface area (Å²) in [6, 6.07) is 0. The predicted octanol–water partition coefficient (Wildman–Crippen LogP) is 1.54. The fraction of sp³-hybridized carbons (Fsp3) is 1.00. The van der Waals surface area contributed by atoms with Gasteiger partial charge in [0.05, 0.1) is 0 Å². The highest BCUT2D eigenvalue weighted by atomic mass is 127. The van der Waals surface area contributed by atoms with E-state index in [9.17, 15) is 0 Å². The van der Waals surface area contributed by atoms with E-state index in [0.717, 1.165) is 0 Å². The Morgan fingerprint density at radius 1 is 1.71 bits per heavy atom. The van der Waals surface area contributed by atoms with Gasteiger partial charge in [-0.3, -0.25) is 0 Å². The third-order valence-corrected chi connectivity index (χ3v) is 2.20. The molecule has 1 aliphatic carbocycles. The molecule has 1 rings (SSSR count). The van der Waals surface area contributed by atoms with Crippen LogP contribution in [0.2, 0.25) is 0 Å². The molecule has 0 spiro atoms. The first-order chi connectivity index (χ1) is 3.11. The van der Waals surface area contributed by atoms with Crippen LogP contribution in [0.15, 0.2) is 0 Å². The van der Waals surface area contributed by atoms with Crippen molar-refractivity contribution in [3.05, 3.63) is 0 Å². The lowest BCUT2D eigenvalue weighted by atomic mass is 10.3. The molecule has 1 fully saturated rings. The second-order valence-corrected chi connectivity index (χ2v) is 4.48. The smallest absolute Gasteiger partial charge is 0.115 e. The molecule has 1 N–H and O–H groups in total. The quantitative estimate of drug-likeness (QED) is 0.516. The van der Waals surface area contributed by atoms with Gasteiger partial charge in [-0.1, -0.05) is 0 Å². The van der Waals surface area contributed by atoms with Crippen molar-refractivity contribution in [1.29, 1.82) is 0 Å². The molecular weight excluding hydrogens is 203 g/mol. The Balaban J connectivity index is 2.36. The zero-order valence-corrected chi connectivity index (χ0v) is 6.47. The van der Waals surface area contributed by atoms with Crippen molar-refractivity contribution in [3.63, 3.8) is 0 Å². The maximum absolute atomic E-state index is 9.14. The molecule has 0 aromatic rings. The number of hydrogen-bond acceptors (Lipinski definition) is 1. The van der Waals surface area contributed by atoms with E-state index in [4.69, 9.17) is 5.11 Å². The molecule has 2 heteroatoms. The highest BCUT2D eigenvalue weighted by Crippen LogP contribution is 2.42. The van der Waals surface area contributed by atoms with Gasteiger partial charge >= 0.3 is 0 Å². The molecule has 1 nitrogen and oxygen atoms in total. The monoisotopic (exact) mass is 212 g/mol. The van der Waals surface area contributed by atoms with Crippen LogP contribution < -0.4 is 0 Å². The summed E-state index contributed by atoms with van der Waals surface area (Å²) < 4.78 is -0.419. The van der Waals surface area contributed by atoms with Crippen molar-refractivity contribution < 1.29 is 5.11 Å². The van der Waals surface area contributed by atoms with Gasteiger partial charge in [0, 0.05) is 0 Å². The number of hydrogen-bond donors (Lipinski definition) is 1. The molecule has 0 radical (unpaired) electrons. The summed E-state index contributed by atoms with van der Waals surface area (Å²) in [7, 11) is 0. The van der Waals surface area contributed by atoms with Crippen molar-refractivity contribution in [2.45, 2.75) is 23.4 Å². The number of rotatable bonds is 1. The van der Waals surface area contributed by atoms with Gasteiger partial charge in [0.1, 0.15) is 3.61 Å². The van der Waals surface area contributed by atoms with E-state index >= 15 is 0 Å². The molecule has 1 saturated carbocycles. The van der Waals surface area contributed by atoms with E-state index in [-0.39, 0.29) is 0 Å². The third kappa shape index (κ3) is 1.57. The zero-order valence-electron chi connectivity index (χ0n) is 4.32. The lowest BCUT2D eigenvalue weighted by molar-refractivity contribution is 0.153. The number of aliphatic hydroxyl groups is 1. The van der Waals surface area contributed by atoms with Crippen molar-refractivity contribution in [2.24, 2.45) is 5.92 Å². The summed E-state index contributed by atoms with van der Waals surface area (Å²) in [5.41, 5.74) is 0. The second kappa shape index (κ2) is 1.58. The number of halogens is 1. The summed E-state index contributed by atoms with van der Waals surface area (Å²) in [4.78, 5) is 0. The van der Waals surface area contributed by atoms with Crippen LogP contribution in [0.1, 0.15) is 19.8 Å². The van der Waals surface area contributed by atoms with Gasteiger partial charge in [0.15, 0.2) is 0 Å². The summed E-state index contributed by atoms with van der Waals surface area (Å²) in [5, 5.41) is 9.14. The van der Waals surface area contributed by atoms with Crippen molar-refractivity contribution in [3.8, 4) is 0 Å². The standard InChI is InChI=1S/C5H9IO/c1-5(6,7)4-2-3-4/h4,7H,2-3H2,1H3. The van der Waals surface area contributed by atoms with Crippen LogP contribution in [0.5, 0.6) is 0 Å². The molecule has 0 aliphatic heterocycles. The van der Waals surface area contributed by atoms with E-state index in [0.29, 0.717) is 5.92 Å². The van der Waals surface area contributed by atoms with Gasteiger partial charge < -0.3 is 5.11 Å². The fourth-order valence-corrected chi connectivity index (χ4v) is 1.23. The lowest BCUT2D eigenvalue weighted by Crippen LogP contribution is -2.15. The van der Waals surface area contributed by atoms with Crippen LogP contribution in [0, 0.1) is 5.92 Å². The Hall–Kier alpha value is 0.690. The van der Waals surface area contributed by atoms with Gasteiger partial charge in [-0.25, -0.2) is 0 Å². The molecule has 0 bridgehead atoms. The molecule has 1 atom stereocenters. The molecule has 0 aromatic heterocycles. The van der Waals surface area contributed by atoms with Crippen LogP contribution in [-0.4, -0.2) is 8.71 Å². The van der Waals surface area contributed by atoms with Crippen LogP contribution in [0.3, 0.4) is 0 Å². The van der Waals surface area contributed by atoms with Crippen LogP contribution in [-0.2, 0) is 0 Å².